The number of nitrogens with zero attached hydrogens (tertiary/aromatic N) is 3. The van der Waals surface area contributed by atoms with Crippen molar-refractivity contribution in [2.75, 3.05) is 25.4 Å². The molecular formula is C49H67ClN18O6S. The average molecular weight is 1070 g/mol. The summed E-state index contributed by atoms with van der Waals surface area (Å²) in [5.74, 6) is -5.02. The Balaban J connectivity index is 1.48. The lowest BCUT2D eigenvalue weighted by Crippen LogP contribution is -2.60. The Labute approximate surface area is 442 Å². The lowest BCUT2D eigenvalue weighted by atomic mass is 10.0. The lowest BCUT2D eigenvalue weighted by Gasteiger charge is -2.27. The number of thioether (sulfide) groups is 1. The average Bonchev–Trinajstić information content (AvgIpc) is 3.98. The summed E-state index contributed by atoms with van der Waals surface area (Å²) in [5.41, 5.74) is 47.7. The molecule has 0 radical (unpaired) electrons. The number of aromatic amines is 2. The fourth-order valence-corrected chi connectivity index (χ4v) is 9.19. The van der Waals surface area contributed by atoms with Gasteiger partial charge in [-0.05, 0) is 80.0 Å². The van der Waals surface area contributed by atoms with Crippen molar-refractivity contribution in [2.45, 2.75) is 92.5 Å². The first-order valence-electron chi connectivity index (χ1n) is 24.1. The number of halogens is 1. The van der Waals surface area contributed by atoms with Crippen LogP contribution in [0, 0.1) is 0 Å². The first kappa shape index (κ1) is 57.9. The number of rotatable bonds is 30. The Hall–Kier alpha value is -8.03. The minimum absolute atomic E-state index is 0.0323. The first-order chi connectivity index (χ1) is 35.9. The number of carbonyl (C=O) groups is 6. The van der Waals surface area contributed by atoms with Gasteiger partial charge in [0.05, 0.1) is 6.04 Å². The van der Waals surface area contributed by atoms with E-state index in [0.717, 1.165) is 21.8 Å². The van der Waals surface area contributed by atoms with E-state index < -0.39 is 71.7 Å². The maximum Gasteiger partial charge on any atom is 0.244 e. The van der Waals surface area contributed by atoms with E-state index >= 15 is 0 Å². The highest BCUT2D eigenvalue weighted by Gasteiger charge is 2.34. The van der Waals surface area contributed by atoms with Gasteiger partial charge in [-0.2, -0.15) is 0 Å². The Bertz CT molecular complexity index is 2840. The molecule has 6 atom stereocenters. The third-order valence-electron chi connectivity index (χ3n) is 11.8. The molecule has 1 unspecified atom stereocenters. The zero-order chi connectivity index (χ0) is 54.4. The van der Waals surface area contributed by atoms with Crippen LogP contribution in [0.25, 0.3) is 21.8 Å². The fourth-order valence-electron chi connectivity index (χ4n) is 7.96. The third kappa shape index (κ3) is 18.8. The van der Waals surface area contributed by atoms with Crippen molar-refractivity contribution in [3.05, 3.63) is 101 Å². The van der Waals surface area contributed by atoms with Crippen molar-refractivity contribution < 1.29 is 28.8 Å². The van der Waals surface area contributed by atoms with Crippen LogP contribution in [0.4, 0.5) is 0 Å². The van der Waals surface area contributed by atoms with Gasteiger partial charge in [0, 0.05) is 82.3 Å². The summed E-state index contributed by atoms with van der Waals surface area (Å²) in [5, 5.41) is 15.9. The molecule has 75 heavy (non-hydrogen) atoms. The molecule has 0 aliphatic heterocycles. The number of carbonyl (C=O) groups excluding carboxylic acids is 6. The van der Waals surface area contributed by atoms with Crippen LogP contribution in [-0.4, -0.2) is 125 Å². The first-order valence-corrected chi connectivity index (χ1v) is 25.5. The van der Waals surface area contributed by atoms with Crippen LogP contribution in [0.3, 0.4) is 0 Å². The monoisotopic (exact) mass is 1070 g/mol. The highest BCUT2D eigenvalue weighted by molar-refractivity contribution is 7.99. The number of nitrogens with two attached hydrogens (primary N) is 8. The molecule has 5 aromatic rings. The normalized spacial score (nSPS) is 13.5. The van der Waals surface area contributed by atoms with Crippen LogP contribution in [-0.2, 0) is 41.6 Å². The van der Waals surface area contributed by atoms with Crippen molar-refractivity contribution >= 4 is 98.5 Å². The van der Waals surface area contributed by atoms with Gasteiger partial charge in [0.2, 0.25) is 35.4 Å². The fraction of sp³-hybridized carbons (Fsp3) is 0.367. The highest BCUT2D eigenvalue weighted by Crippen LogP contribution is 2.24. The van der Waals surface area contributed by atoms with Crippen molar-refractivity contribution in [3.63, 3.8) is 0 Å². The van der Waals surface area contributed by atoms with Gasteiger partial charge < -0.3 is 82.4 Å². The Morgan fingerprint density at radius 2 is 0.947 bits per heavy atom. The van der Waals surface area contributed by atoms with Crippen LogP contribution in [0.2, 0.25) is 5.02 Å². The van der Waals surface area contributed by atoms with Crippen LogP contribution < -0.4 is 72.5 Å². The summed E-state index contributed by atoms with van der Waals surface area (Å²) in [6.07, 6.45) is 4.48. The molecule has 2 aromatic heterocycles. The minimum atomic E-state index is -1.37. The Kier molecular flexibility index (Phi) is 22.4. The van der Waals surface area contributed by atoms with Crippen molar-refractivity contribution in [2.24, 2.45) is 60.8 Å². The van der Waals surface area contributed by atoms with E-state index in [4.69, 9.17) is 57.5 Å². The van der Waals surface area contributed by atoms with Gasteiger partial charge in [0.15, 0.2) is 17.9 Å². The summed E-state index contributed by atoms with van der Waals surface area (Å²) in [6.45, 7) is 0.509. The van der Waals surface area contributed by atoms with Gasteiger partial charge in [-0.25, -0.2) is 0 Å². The van der Waals surface area contributed by atoms with Gasteiger partial charge in [-0.15, -0.1) is 11.8 Å². The van der Waals surface area contributed by atoms with Crippen LogP contribution in [0.1, 0.15) is 49.7 Å². The summed E-state index contributed by atoms with van der Waals surface area (Å²) in [6, 6.07) is 14.1. The number of benzene rings is 3. The number of hydrogen-bond acceptors (Lipinski definition) is 11. The second-order valence-electron chi connectivity index (χ2n) is 17.6. The quantitative estimate of drug-likeness (QED) is 0.0117. The van der Waals surface area contributed by atoms with E-state index in [1.54, 1.807) is 36.7 Å². The molecule has 3 aromatic carbocycles. The van der Waals surface area contributed by atoms with Crippen LogP contribution in [0.15, 0.2) is 105 Å². The van der Waals surface area contributed by atoms with E-state index in [-0.39, 0.29) is 88.2 Å². The Morgan fingerprint density at radius 1 is 0.520 bits per heavy atom. The van der Waals surface area contributed by atoms with E-state index in [0.29, 0.717) is 27.5 Å². The molecular weight excluding hydrogens is 1000 g/mol. The van der Waals surface area contributed by atoms with Crippen LogP contribution >= 0.6 is 23.4 Å². The molecule has 0 fully saturated rings. The zero-order valence-corrected chi connectivity index (χ0v) is 42.8. The second-order valence-corrected chi connectivity index (χ2v) is 19.1. The number of nitrogens with one attached hydrogen (secondary N) is 7. The number of primary amides is 1. The van der Waals surface area contributed by atoms with E-state index in [2.05, 4.69) is 51.5 Å². The van der Waals surface area contributed by atoms with E-state index in [1.807, 2.05) is 48.5 Å². The van der Waals surface area contributed by atoms with Gasteiger partial charge in [0.25, 0.3) is 0 Å². The third-order valence-corrected chi connectivity index (χ3v) is 13.1. The number of H-pyrrole nitrogens is 2. The number of hydrogen-bond donors (Lipinski definition) is 15. The Morgan fingerprint density at radius 3 is 1.44 bits per heavy atom. The van der Waals surface area contributed by atoms with Gasteiger partial charge >= 0.3 is 0 Å². The van der Waals surface area contributed by atoms with Gasteiger partial charge in [-0.3, -0.25) is 43.7 Å². The molecule has 23 N–H and O–H groups in total. The molecule has 402 valence electrons. The lowest BCUT2D eigenvalue weighted by molar-refractivity contribution is -0.134. The predicted octanol–water partition coefficient (Wildman–Crippen LogP) is -0.722. The van der Waals surface area contributed by atoms with E-state index in [1.165, 1.54) is 11.8 Å². The summed E-state index contributed by atoms with van der Waals surface area (Å²) in [7, 11) is 0. The number of aromatic nitrogens is 2. The molecule has 0 bridgehead atoms. The number of aliphatic imine (C=N–C) groups is 3. The highest BCUT2D eigenvalue weighted by atomic mass is 35.5. The molecule has 5 rings (SSSR count). The summed E-state index contributed by atoms with van der Waals surface area (Å²) >= 11 is 7.53. The largest absolute Gasteiger partial charge is 0.370 e. The topological polar surface area (TPSA) is 439 Å². The molecule has 26 heteroatoms. The van der Waals surface area contributed by atoms with Crippen molar-refractivity contribution in [1.29, 1.82) is 0 Å². The molecule has 0 aliphatic carbocycles. The predicted molar refractivity (Wildman–Crippen MR) is 293 cm³/mol. The van der Waals surface area contributed by atoms with E-state index in [9.17, 15) is 28.8 Å². The smallest absolute Gasteiger partial charge is 0.244 e. The molecule has 6 amide bonds. The van der Waals surface area contributed by atoms with Crippen LogP contribution in [0.5, 0.6) is 0 Å². The molecule has 24 nitrogen and oxygen atoms in total. The number of para-hydroxylation sites is 2. The number of guanidine groups is 3. The number of amides is 6. The molecule has 0 saturated heterocycles. The SMILES string of the molecule is NC(=O)[C@H](CCCN=C(N)N)NC(=O)[C@@H](Cc1c[nH]c2ccccc12)NC(=O)C(CSc1cccc(Cl)c1)NC(=O)[C@@H](Cc1c[nH]c2ccccc12)NC(=O)[C@@H](CCCN=C(N)N)NC(=O)[C@H](N)CCCN=C(N)N. The molecule has 0 saturated carbocycles. The minimum Gasteiger partial charge on any atom is -0.370 e. The molecule has 2 heterocycles. The summed E-state index contributed by atoms with van der Waals surface area (Å²) < 4.78 is 0. The maximum absolute atomic E-state index is 14.9. The van der Waals surface area contributed by atoms with Gasteiger partial charge in [0.1, 0.15) is 30.2 Å². The second kappa shape index (κ2) is 29.0. The standard InChI is InChI=1S/C49H67ClN18O6S/c50-29-9-5-10-30(23-29)75-26-40(46(74)67-38(21-27-24-62-34-14-3-1-11-31(27)34)44(72)64-36(41(52)69)16-7-19-60-48(55)56)68-45(73)39(22-28-25-63-35-15-4-2-12-32(28)35)66-43(71)37(17-8-20-61-49(57)58)65-42(70)33(51)13-6-18-59-47(53)54/h1-5,9-12,14-15,23-25,33,36-40,62-63H,6-8,13,16-22,26,51H2,(H2,52,69)(H,64,72)(H,65,70)(H,66,71)(H,67,74)(H,68,73)(H4,53,54,59)(H4,55,56,60)(H4,57,58,61)/t33-,36+,37-,38-,39-,40?/m1/s1. The van der Waals surface area contributed by atoms with Crippen molar-refractivity contribution in [3.8, 4) is 0 Å². The number of fused-ring (bicyclic) bond motifs is 2. The zero-order valence-electron chi connectivity index (χ0n) is 41.2. The van der Waals surface area contributed by atoms with Crippen molar-refractivity contribution in [1.82, 2.24) is 36.6 Å². The maximum atomic E-state index is 14.9. The molecule has 0 spiro atoms. The molecule has 0 aliphatic rings. The summed E-state index contributed by atoms with van der Waals surface area (Å²) in [4.78, 5) is 104. The van der Waals surface area contributed by atoms with Gasteiger partial charge in [-0.1, -0.05) is 54.1 Å².